The van der Waals surface area contributed by atoms with E-state index in [1.165, 1.54) is 6.26 Å². The monoisotopic (exact) mass is 433 g/mol. The summed E-state index contributed by atoms with van der Waals surface area (Å²) in [5.74, 6) is 0.579. The predicted molar refractivity (Wildman–Crippen MR) is 113 cm³/mol. The molecule has 10 heteroatoms. The van der Waals surface area contributed by atoms with Gasteiger partial charge in [0.1, 0.15) is 18.9 Å². The van der Waals surface area contributed by atoms with Gasteiger partial charge in [-0.3, -0.25) is 25.1 Å². The Morgan fingerprint density at radius 3 is 2.59 bits per heavy atom. The minimum atomic E-state index is -0.507. The van der Waals surface area contributed by atoms with Crippen LogP contribution in [0.5, 0.6) is 11.5 Å². The number of aryl methyl sites for hydroxylation is 2. The first-order valence-corrected chi connectivity index (χ1v) is 9.90. The first-order valence-electron chi connectivity index (χ1n) is 9.90. The summed E-state index contributed by atoms with van der Waals surface area (Å²) in [5.41, 5.74) is 7.20. The fraction of sp³-hybridized carbons (Fsp3) is 0.182. The van der Waals surface area contributed by atoms with Crippen molar-refractivity contribution in [1.29, 1.82) is 0 Å². The third-order valence-electron chi connectivity index (χ3n) is 5.08. The van der Waals surface area contributed by atoms with E-state index in [0.29, 0.717) is 64.0 Å². The van der Waals surface area contributed by atoms with Crippen molar-refractivity contribution < 1.29 is 23.5 Å². The summed E-state index contributed by atoms with van der Waals surface area (Å²) in [5, 5.41) is 4.96. The molecule has 0 aliphatic carbocycles. The number of fused-ring (bicyclic) bond motifs is 2. The number of carbonyl (C=O) groups excluding carboxylic acids is 2. The van der Waals surface area contributed by atoms with Gasteiger partial charge < -0.3 is 13.9 Å². The maximum absolute atomic E-state index is 13.0. The van der Waals surface area contributed by atoms with Crippen LogP contribution in [-0.2, 0) is 7.05 Å². The molecule has 0 radical (unpaired) electrons. The van der Waals surface area contributed by atoms with Crippen molar-refractivity contribution in [2.24, 2.45) is 7.05 Å². The number of amides is 2. The molecule has 1 aromatic carbocycles. The average Bonchev–Trinajstić information content (AvgIpc) is 3.45. The van der Waals surface area contributed by atoms with Gasteiger partial charge in [0.2, 0.25) is 0 Å². The Hall–Kier alpha value is -4.34. The first kappa shape index (κ1) is 19.6. The summed E-state index contributed by atoms with van der Waals surface area (Å²) in [7, 11) is 1.75. The molecular weight excluding hydrogens is 414 g/mol. The Morgan fingerprint density at radius 2 is 1.81 bits per heavy atom. The molecule has 2 amide bonds. The molecule has 5 rings (SSSR count). The van der Waals surface area contributed by atoms with Gasteiger partial charge in [0.25, 0.3) is 11.8 Å². The molecule has 4 aromatic rings. The summed E-state index contributed by atoms with van der Waals surface area (Å²) < 4.78 is 18.0. The third-order valence-corrected chi connectivity index (χ3v) is 5.08. The van der Waals surface area contributed by atoms with E-state index in [1.54, 1.807) is 55.1 Å². The van der Waals surface area contributed by atoms with Crippen molar-refractivity contribution in [3.8, 4) is 23.0 Å². The van der Waals surface area contributed by atoms with E-state index in [1.807, 2.05) is 0 Å². The van der Waals surface area contributed by atoms with E-state index in [9.17, 15) is 9.59 Å². The highest BCUT2D eigenvalue weighted by molar-refractivity contribution is 6.08. The molecule has 0 saturated carbocycles. The number of hydrogen-bond donors (Lipinski definition) is 2. The maximum atomic E-state index is 13.0. The third kappa shape index (κ3) is 3.41. The Bertz CT molecular complexity index is 1340. The standard InChI is InChI=1S/C22H19N5O5/c1-12-19-14(11-15(16-4-3-7-30-16)23-20(19)27(2)26-12)22(29)25-24-21(28)13-5-6-17-18(10-13)32-9-8-31-17/h3-7,10-11H,8-9H2,1-2H3,(H,24,28)(H,25,29). The largest absolute Gasteiger partial charge is 0.486 e. The molecule has 10 nitrogen and oxygen atoms in total. The van der Waals surface area contributed by atoms with Gasteiger partial charge in [0.15, 0.2) is 22.9 Å². The first-order chi connectivity index (χ1) is 15.5. The second kappa shape index (κ2) is 7.73. The summed E-state index contributed by atoms with van der Waals surface area (Å²) in [6.07, 6.45) is 1.53. The van der Waals surface area contributed by atoms with Crippen LogP contribution in [0.4, 0.5) is 0 Å². The SMILES string of the molecule is Cc1nn(C)c2nc(-c3ccco3)cc(C(=O)NNC(=O)c3ccc4c(c3)OCCO4)c12. The number of furan rings is 1. The Labute approximate surface area is 182 Å². The van der Waals surface area contributed by atoms with Crippen LogP contribution in [0.25, 0.3) is 22.5 Å². The number of benzene rings is 1. The fourth-order valence-corrected chi connectivity index (χ4v) is 3.61. The zero-order valence-corrected chi connectivity index (χ0v) is 17.3. The second-order valence-electron chi connectivity index (χ2n) is 7.21. The Balaban J connectivity index is 1.42. The van der Waals surface area contributed by atoms with Crippen molar-refractivity contribution in [2.45, 2.75) is 6.92 Å². The highest BCUT2D eigenvalue weighted by atomic mass is 16.6. The van der Waals surface area contributed by atoms with Gasteiger partial charge in [-0.05, 0) is 43.3 Å². The molecule has 4 heterocycles. The van der Waals surface area contributed by atoms with Crippen molar-refractivity contribution in [3.63, 3.8) is 0 Å². The average molecular weight is 433 g/mol. The van der Waals surface area contributed by atoms with Gasteiger partial charge in [0, 0.05) is 12.6 Å². The molecule has 3 aromatic heterocycles. The number of nitrogens with one attached hydrogen (secondary N) is 2. The lowest BCUT2D eigenvalue weighted by Crippen LogP contribution is -2.41. The number of rotatable bonds is 3. The quantitative estimate of drug-likeness (QED) is 0.476. The van der Waals surface area contributed by atoms with Crippen LogP contribution in [0.1, 0.15) is 26.4 Å². The molecule has 0 unspecified atom stereocenters. The maximum Gasteiger partial charge on any atom is 0.270 e. The molecule has 0 fully saturated rings. The molecule has 0 spiro atoms. The molecule has 0 saturated heterocycles. The lowest BCUT2D eigenvalue weighted by Gasteiger charge is -2.18. The van der Waals surface area contributed by atoms with E-state index >= 15 is 0 Å². The molecular formula is C22H19N5O5. The van der Waals surface area contributed by atoms with Crippen LogP contribution in [0, 0.1) is 6.92 Å². The summed E-state index contributed by atoms with van der Waals surface area (Å²) in [4.78, 5) is 30.2. The van der Waals surface area contributed by atoms with Crippen LogP contribution in [0.3, 0.4) is 0 Å². The summed E-state index contributed by atoms with van der Waals surface area (Å²) >= 11 is 0. The number of carbonyl (C=O) groups is 2. The number of hydrogen-bond acceptors (Lipinski definition) is 7. The van der Waals surface area contributed by atoms with Gasteiger partial charge in [-0.15, -0.1) is 0 Å². The lowest BCUT2D eigenvalue weighted by atomic mass is 10.1. The van der Waals surface area contributed by atoms with Crippen molar-refractivity contribution in [1.82, 2.24) is 25.6 Å². The van der Waals surface area contributed by atoms with Crippen molar-refractivity contribution >= 4 is 22.8 Å². The van der Waals surface area contributed by atoms with Gasteiger partial charge in [-0.2, -0.15) is 5.10 Å². The lowest BCUT2D eigenvalue weighted by molar-refractivity contribution is 0.0847. The number of hydrazine groups is 1. The van der Waals surface area contributed by atoms with Crippen LogP contribution < -0.4 is 20.3 Å². The number of nitrogens with zero attached hydrogens (tertiary/aromatic N) is 3. The zero-order valence-electron chi connectivity index (χ0n) is 17.3. The van der Waals surface area contributed by atoms with Crippen LogP contribution in [0.15, 0.2) is 47.1 Å². The van der Waals surface area contributed by atoms with Crippen LogP contribution in [0.2, 0.25) is 0 Å². The number of aromatic nitrogens is 3. The normalized spacial score (nSPS) is 12.6. The van der Waals surface area contributed by atoms with Gasteiger partial charge in [0.05, 0.1) is 22.9 Å². The Kier molecular flexibility index (Phi) is 4.74. The molecule has 32 heavy (non-hydrogen) atoms. The second-order valence-corrected chi connectivity index (χ2v) is 7.21. The van der Waals surface area contributed by atoms with Crippen molar-refractivity contribution in [3.05, 3.63) is 59.5 Å². The number of ether oxygens (including phenoxy) is 2. The van der Waals surface area contributed by atoms with E-state index in [4.69, 9.17) is 13.9 Å². The molecule has 0 atom stereocenters. The molecule has 1 aliphatic heterocycles. The summed E-state index contributed by atoms with van der Waals surface area (Å²) in [6, 6.07) is 9.93. The van der Waals surface area contributed by atoms with Gasteiger partial charge in [-0.25, -0.2) is 4.98 Å². The molecule has 0 bridgehead atoms. The fourth-order valence-electron chi connectivity index (χ4n) is 3.61. The van der Waals surface area contributed by atoms with Gasteiger partial charge in [-0.1, -0.05) is 0 Å². The minimum Gasteiger partial charge on any atom is -0.486 e. The predicted octanol–water partition coefficient (Wildman–Crippen LogP) is 2.38. The van der Waals surface area contributed by atoms with Gasteiger partial charge >= 0.3 is 0 Å². The highest BCUT2D eigenvalue weighted by Gasteiger charge is 2.21. The Morgan fingerprint density at radius 1 is 1.03 bits per heavy atom. The molecule has 162 valence electrons. The molecule has 1 aliphatic rings. The van der Waals surface area contributed by atoms with Crippen LogP contribution >= 0.6 is 0 Å². The molecule has 2 N–H and O–H groups in total. The topological polar surface area (TPSA) is 121 Å². The highest BCUT2D eigenvalue weighted by Crippen LogP contribution is 2.31. The van der Waals surface area contributed by atoms with E-state index in [0.717, 1.165) is 0 Å². The minimum absolute atomic E-state index is 0.314. The van der Waals surface area contributed by atoms with E-state index in [-0.39, 0.29) is 0 Å². The summed E-state index contributed by atoms with van der Waals surface area (Å²) in [6.45, 7) is 2.67. The van der Waals surface area contributed by atoms with E-state index in [2.05, 4.69) is 20.9 Å². The number of pyridine rings is 1. The van der Waals surface area contributed by atoms with Crippen LogP contribution in [-0.4, -0.2) is 39.8 Å². The smallest absolute Gasteiger partial charge is 0.270 e. The van der Waals surface area contributed by atoms with Crippen molar-refractivity contribution in [2.75, 3.05) is 13.2 Å². The zero-order chi connectivity index (χ0) is 22.2. The van der Waals surface area contributed by atoms with E-state index < -0.39 is 11.8 Å².